The van der Waals surface area contributed by atoms with E-state index in [1.165, 1.54) is 23.9 Å². The highest BCUT2D eigenvalue weighted by Crippen LogP contribution is 2.28. The van der Waals surface area contributed by atoms with Gasteiger partial charge in [0.15, 0.2) is 0 Å². The van der Waals surface area contributed by atoms with Gasteiger partial charge in [-0.25, -0.2) is 14.8 Å². The van der Waals surface area contributed by atoms with E-state index in [-0.39, 0.29) is 6.03 Å². The Kier molecular flexibility index (Phi) is 5.05. The first-order valence-electron chi connectivity index (χ1n) is 8.20. The number of carbonyl (C=O) groups excluding carboxylic acids is 1. The molecule has 0 radical (unpaired) electrons. The smallest absolute Gasteiger partial charge is 0.309 e. The van der Waals surface area contributed by atoms with Crippen LogP contribution in [0.1, 0.15) is 17.5 Å². The Morgan fingerprint density at radius 3 is 2.88 bits per heavy atom. The van der Waals surface area contributed by atoms with Gasteiger partial charge in [0.1, 0.15) is 12.1 Å². The number of aryl methyl sites for hydroxylation is 1. The van der Waals surface area contributed by atoms with Crippen LogP contribution in [0, 0.1) is 5.92 Å². The second-order valence-electron chi connectivity index (χ2n) is 6.53. The summed E-state index contributed by atoms with van der Waals surface area (Å²) in [6.45, 7) is 1.13. The van der Waals surface area contributed by atoms with Gasteiger partial charge in [-0.05, 0) is 68.6 Å². The fourth-order valence-electron chi connectivity index (χ4n) is 3.22. The number of aromatic nitrogens is 2. The van der Waals surface area contributed by atoms with Gasteiger partial charge in [0, 0.05) is 18.4 Å². The SMILES string of the molecule is CN(C)CC1CCc2cc(NC(=O)Nc3ccncn3)ccc2C1. The van der Waals surface area contributed by atoms with Gasteiger partial charge in [-0.1, -0.05) is 6.07 Å². The van der Waals surface area contributed by atoms with E-state index in [9.17, 15) is 4.79 Å². The molecule has 1 aromatic heterocycles. The maximum atomic E-state index is 12.0. The quantitative estimate of drug-likeness (QED) is 0.907. The van der Waals surface area contributed by atoms with Crippen LogP contribution in [0.25, 0.3) is 0 Å². The van der Waals surface area contributed by atoms with Crippen molar-refractivity contribution in [3.05, 3.63) is 47.9 Å². The van der Waals surface area contributed by atoms with Crippen LogP contribution in [0.15, 0.2) is 36.8 Å². The van der Waals surface area contributed by atoms with Crippen molar-refractivity contribution in [3.8, 4) is 0 Å². The molecule has 0 aliphatic heterocycles. The summed E-state index contributed by atoms with van der Waals surface area (Å²) in [5.74, 6) is 1.19. The van der Waals surface area contributed by atoms with E-state index in [0.29, 0.717) is 11.7 Å². The molecule has 3 rings (SSSR count). The lowest BCUT2D eigenvalue weighted by Gasteiger charge is -2.27. The molecular weight excluding hydrogens is 302 g/mol. The summed E-state index contributed by atoms with van der Waals surface area (Å²) in [4.78, 5) is 22.1. The van der Waals surface area contributed by atoms with Crippen LogP contribution in [0.5, 0.6) is 0 Å². The first-order valence-corrected chi connectivity index (χ1v) is 8.20. The van der Waals surface area contributed by atoms with Crippen LogP contribution < -0.4 is 10.6 Å². The van der Waals surface area contributed by atoms with Gasteiger partial charge in [-0.2, -0.15) is 0 Å². The van der Waals surface area contributed by atoms with Gasteiger partial charge >= 0.3 is 6.03 Å². The molecule has 2 N–H and O–H groups in total. The predicted octanol–water partition coefficient (Wildman–Crippen LogP) is 2.79. The summed E-state index contributed by atoms with van der Waals surface area (Å²) < 4.78 is 0. The first-order chi connectivity index (χ1) is 11.6. The Bertz CT molecular complexity index is 702. The highest BCUT2D eigenvalue weighted by atomic mass is 16.2. The normalized spacial score (nSPS) is 16.5. The Morgan fingerprint density at radius 1 is 1.25 bits per heavy atom. The Balaban J connectivity index is 1.61. The maximum absolute atomic E-state index is 12.0. The molecule has 0 fully saturated rings. The zero-order valence-corrected chi connectivity index (χ0v) is 14.1. The molecule has 1 aliphatic carbocycles. The molecule has 1 unspecified atom stereocenters. The van der Waals surface area contributed by atoms with Crippen LogP contribution in [0.3, 0.4) is 0 Å². The van der Waals surface area contributed by atoms with Crippen molar-refractivity contribution < 1.29 is 4.79 Å². The number of carbonyl (C=O) groups is 1. The van der Waals surface area contributed by atoms with Crippen molar-refractivity contribution >= 4 is 17.5 Å². The fourth-order valence-corrected chi connectivity index (χ4v) is 3.22. The average Bonchev–Trinajstić information content (AvgIpc) is 2.55. The minimum atomic E-state index is -0.296. The molecular formula is C18H23N5O. The molecule has 0 saturated carbocycles. The molecule has 6 nitrogen and oxygen atoms in total. The van der Waals surface area contributed by atoms with E-state index in [1.807, 2.05) is 6.07 Å². The number of benzene rings is 1. The van der Waals surface area contributed by atoms with E-state index in [2.05, 4.69) is 51.7 Å². The summed E-state index contributed by atoms with van der Waals surface area (Å²) in [6, 6.07) is 7.54. The fraction of sp³-hybridized carbons (Fsp3) is 0.389. The third-order valence-corrected chi connectivity index (χ3v) is 4.24. The number of anilines is 2. The van der Waals surface area contributed by atoms with Gasteiger partial charge < -0.3 is 10.2 Å². The zero-order chi connectivity index (χ0) is 16.9. The molecule has 0 spiro atoms. The number of nitrogens with one attached hydrogen (secondary N) is 2. The molecule has 0 saturated heterocycles. The maximum Gasteiger partial charge on any atom is 0.324 e. The van der Waals surface area contributed by atoms with Crippen LogP contribution in [-0.4, -0.2) is 41.5 Å². The monoisotopic (exact) mass is 325 g/mol. The van der Waals surface area contributed by atoms with Crippen molar-refractivity contribution in [1.82, 2.24) is 14.9 Å². The largest absolute Gasteiger partial charge is 0.324 e. The van der Waals surface area contributed by atoms with Crippen molar-refractivity contribution in [3.63, 3.8) is 0 Å². The highest BCUT2D eigenvalue weighted by Gasteiger charge is 2.19. The molecule has 0 bridgehead atoms. The summed E-state index contributed by atoms with van der Waals surface area (Å²) in [5, 5.41) is 5.56. The Morgan fingerprint density at radius 2 is 2.12 bits per heavy atom. The number of fused-ring (bicyclic) bond motifs is 1. The van der Waals surface area contributed by atoms with Gasteiger partial charge in [-0.3, -0.25) is 5.32 Å². The summed E-state index contributed by atoms with van der Waals surface area (Å²) >= 11 is 0. The highest BCUT2D eigenvalue weighted by molar-refractivity contribution is 5.99. The van der Waals surface area contributed by atoms with E-state index < -0.39 is 0 Å². The topological polar surface area (TPSA) is 70.2 Å². The molecule has 1 aliphatic rings. The van der Waals surface area contributed by atoms with E-state index in [1.54, 1.807) is 12.3 Å². The van der Waals surface area contributed by atoms with E-state index in [4.69, 9.17) is 0 Å². The van der Waals surface area contributed by atoms with Crippen LogP contribution in [0.2, 0.25) is 0 Å². The standard InChI is InChI=1S/C18H23N5O/c1-23(2)11-13-3-4-15-10-16(6-5-14(15)9-13)21-18(24)22-17-7-8-19-12-20-17/h5-8,10,12-13H,3-4,9,11H2,1-2H3,(H2,19,20,21,22,24). The third-order valence-electron chi connectivity index (χ3n) is 4.24. The number of nitrogens with zero attached hydrogens (tertiary/aromatic N) is 3. The van der Waals surface area contributed by atoms with Crippen LogP contribution in [0.4, 0.5) is 16.3 Å². The third kappa shape index (κ3) is 4.29. The number of hydrogen-bond donors (Lipinski definition) is 2. The first kappa shape index (κ1) is 16.4. The molecule has 2 aromatic rings. The van der Waals surface area contributed by atoms with Crippen molar-refractivity contribution in [2.75, 3.05) is 31.3 Å². The number of urea groups is 1. The van der Waals surface area contributed by atoms with E-state index in [0.717, 1.165) is 25.1 Å². The summed E-state index contributed by atoms with van der Waals surface area (Å²) in [7, 11) is 4.25. The lowest BCUT2D eigenvalue weighted by Crippen LogP contribution is -2.26. The van der Waals surface area contributed by atoms with Gasteiger partial charge in [0.25, 0.3) is 0 Å². The Hall–Kier alpha value is -2.47. The second-order valence-corrected chi connectivity index (χ2v) is 6.53. The lowest BCUT2D eigenvalue weighted by atomic mass is 9.83. The number of hydrogen-bond acceptors (Lipinski definition) is 4. The van der Waals surface area contributed by atoms with Gasteiger partial charge in [-0.15, -0.1) is 0 Å². The average molecular weight is 325 g/mol. The van der Waals surface area contributed by atoms with E-state index >= 15 is 0 Å². The molecule has 24 heavy (non-hydrogen) atoms. The van der Waals surface area contributed by atoms with Crippen LogP contribution >= 0.6 is 0 Å². The minimum Gasteiger partial charge on any atom is -0.309 e. The molecule has 126 valence electrons. The predicted molar refractivity (Wildman–Crippen MR) is 95.2 cm³/mol. The zero-order valence-electron chi connectivity index (χ0n) is 14.1. The lowest BCUT2D eigenvalue weighted by molar-refractivity contribution is 0.262. The molecule has 1 aromatic carbocycles. The van der Waals surface area contributed by atoms with Crippen molar-refractivity contribution in [2.45, 2.75) is 19.3 Å². The summed E-state index contributed by atoms with van der Waals surface area (Å²) in [6.07, 6.45) is 6.36. The van der Waals surface area contributed by atoms with Gasteiger partial charge in [0.2, 0.25) is 0 Å². The number of amides is 2. The molecule has 6 heteroatoms. The molecule has 1 atom stereocenters. The second kappa shape index (κ2) is 7.40. The van der Waals surface area contributed by atoms with Gasteiger partial charge in [0.05, 0.1) is 0 Å². The minimum absolute atomic E-state index is 0.296. The summed E-state index contributed by atoms with van der Waals surface area (Å²) in [5.41, 5.74) is 3.55. The van der Waals surface area contributed by atoms with Crippen molar-refractivity contribution in [1.29, 1.82) is 0 Å². The Labute approximate surface area is 142 Å². The molecule has 2 amide bonds. The molecule has 1 heterocycles. The van der Waals surface area contributed by atoms with Crippen molar-refractivity contribution in [2.24, 2.45) is 5.92 Å². The number of rotatable bonds is 4. The van der Waals surface area contributed by atoms with Crippen LogP contribution in [-0.2, 0) is 12.8 Å².